The topological polar surface area (TPSA) is 62.5 Å². The van der Waals surface area contributed by atoms with Gasteiger partial charge in [0, 0.05) is 18.8 Å². The van der Waals surface area contributed by atoms with Crippen LogP contribution in [0.3, 0.4) is 0 Å². The van der Waals surface area contributed by atoms with Crippen LogP contribution in [0.1, 0.15) is 18.5 Å². The van der Waals surface area contributed by atoms with Gasteiger partial charge in [0.1, 0.15) is 6.26 Å². The zero-order valence-corrected chi connectivity index (χ0v) is 14.2. The van der Waals surface area contributed by atoms with E-state index in [0.717, 1.165) is 23.1 Å². The molecule has 0 radical (unpaired) electrons. The number of thiophene rings is 1. The molecule has 118 valence electrons. The minimum absolute atomic E-state index is 0.604. The van der Waals surface area contributed by atoms with Gasteiger partial charge in [0.05, 0.1) is 17.1 Å². The van der Waals surface area contributed by atoms with Gasteiger partial charge >= 0.3 is 0 Å². The van der Waals surface area contributed by atoms with Crippen LogP contribution in [0.5, 0.6) is 0 Å². The lowest BCUT2D eigenvalue weighted by atomic mass is 10.2. The summed E-state index contributed by atoms with van der Waals surface area (Å²) in [6, 6.07) is 4.00. The molecule has 5 nitrogen and oxygen atoms in total. The smallest absolute Gasteiger partial charge is 0.236 e. The molecule has 0 spiro atoms. The maximum Gasteiger partial charge on any atom is 0.236 e. The van der Waals surface area contributed by atoms with Crippen molar-refractivity contribution >= 4 is 29.1 Å². The Labute approximate surface area is 138 Å². The summed E-state index contributed by atoms with van der Waals surface area (Å²) < 4.78 is 5.51. The highest BCUT2D eigenvalue weighted by Crippen LogP contribution is 2.25. The third kappa shape index (κ3) is 4.04. The van der Waals surface area contributed by atoms with Gasteiger partial charge in [0.25, 0.3) is 0 Å². The van der Waals surface area contributed by atoms with Crippen LogP contribution in [0.15, 0.2) is 33.2 Å². The molecule has 1 aliphatic rings. The Bertz CT molecular complexity index is 603. The molecule has 1 fully saturated rings. The van der Waals surface area contributed by atoms with Gasteiger partial charge < -0.3 is 15.1 Å². The van der Waals surface area contributed by atoms with Crippen LogP contribution in [0.4, 0.5) is 0 Å². The van der Waals surface area contributed by atoms with Crippen LogP contribution in [-0.2, 0) is 6.54 Å². The van der Waals surface area contributed by atoms with Crippen molar-refractivity contribution in [1.29, 1.82) is 0 Å². The Morgan fingerprint density at radius 3 is 3.18 bits per heavy atom. The molecular formula is C15H20N4OS2. The minimum Gasteiger partial charge on any atom is -0.443 e. The predicted molar refractivity (Wildman–Crippen MR) is 93.5 cm³/mol. The van der Waals surface area contributed by atoms with Gasteiger partial charge in [-0.2, -0.15) is 11.8 Å². The SMILES string of the molecule is CN=C(NCc1coc(-c2cccs2)n1)NCC1CCCS1. The summed E-state index contributed by atoms with van der Waals surface area (Å²) in [5.41, 5.74) is 0.876. The first kappa shape index (κ1) is 15.4. The number of aromatic nitrogens is 1. The van der Waals surface area contributed by atoms with Gasteiger partial charge in [-0.05, 0) is 30.0 Å². The standard InChI is InChI=1S/C15H20N4OS2/c1-16-15(18-9-12-4-2-6-21-12)17-8-11-10-20-14(19-11)13-5-3-7-22-13/h3,5,7,10,12H,2,4,6,8-9H2,1H3,(H2,16,17,18). The second kappa shape index (κ2) is 7.69. The lowest BCUT2D eigenvalue weighted by Gasteiger charge is -2.13. The average molecular weight is 336 g/mol. The molecule has 0 saturated carbocycles. The molecule has 22 heavy (non-hydrogen) atoms. The molecule has 2 aromatic rings. The molecule has 0 aliphatic carbocycles. The number of nitrogens with one attached hydrogen (secondary N) is 2. The van der Waals surface area contributed by atoms with Crippen molar-refractivity contribution in [2.45, 2.75) is 24.6 Å². The van der Waals surface area contributed by atoms with E-state index in [9.17, 15) is 0 Å². The number of rotatable bonds is 5. The van der Waals surface area contributed by atoms with Crippen LogP contribution in [0.25, 0.3) is 10.8 Å². The molecule has 1 unspecified atom stereocenters. The molecule has 1 atom stereocenters. The normalized spacial score (nSPS) is 18.6. The van der Waals surface area contributed by atoms with Crippen molar-refractivity contribution in [1.82, 2.24) is 15.6 Å². The molecule has 2 aromatic heterocycles. The van der Waals surface area contributed by atoms with Crippen LogP contribution >= 0.6 is 23.1 Å². The first-order chi connectivity index (χ1) is 10.8. The van der Waals surface area contributed by atoms with E-state index in [0.29, 0.717) is 17.7 Å². The van der Waals surface area contributed by atoms with Gasteiger partial charge in [-0.3, -0.25) is 4.99 Å². The molecule has 0 bridgehead atoms. The lowest BCUT2D eigenvalue weighted by Crippen LogP contribution is -2.39. The van der Waals surface area contributed by atoms with E-state index in [1.807, 2.05) is 29.3 Å². The molecule has 0 aromatic carbocycles. The predicted octanol–water partition coefficient (Wildman–Crippen LogP) is 2.96. The summed E-state index contributed by atoms with van der Waals surface area (Å²) in [6.07, 6.45) is 4.32. The molecule has 3 rings (SSSR count). The van der Waals surface area contributed by atoms with Crippen molar-refractivity contribution in [2.24, 2.45) is 4.99 Å². The number of hydrogen-bond donors (Lipinski definition) is 2. The fraction of sp³-hybridized carbons (Fsp3) is 0.467. The molecule has 1 aliphatic heterocycles. The Balaban J connectivity index is 1.48. The van der Waals surface area contributed by atoms with Gasteiger partial charge in [-0.15, -0.1) is 11.3 Å². The van der Waals surface area contributed by atoms with Crippen LogP contribution in [-0.4, -0.2) is 35.5 Å². The van der Waals surface area contributed by atoms with E-state index in [1.54, 1.807) is 24.6 Å². The Hall–Kier alpha value is -1.47. The highest BCUT2D eigenvalue weighted by atomic mass is 32.2. The number of thioether (sulfide) groups is 1. The zero-order chi connectivity index (χ0) is 15.2. The van der Waals surface area contributed by atoms with Crippen molar-refractivity contribution in [3.05, 3.63) is 29.5 Å². The highest BCUT2D eigenvalue weighted by molar-refractivity contribution is 8.00. The Kier molecular flexibility index (Phi) is 5.39. The average Bonchev–Trinajstić information content (AvgIpc) is 3.29. The van der Waals surface area contributed by atoms with Gasteiger partial charge in [-0.1, -0.05) is 6.07 Å². The number of nitrogens with zero attached hydrogens (tertiary/aromatic N) is 2. The largest absolute Gasteiger partial charge is 0.443 e. The Morgan fingerprint density at radius 1 is 1.50 bits per heavy atom. The van der Waals surface area contributed by atoms with E-state index >= 15 is 0 Å². The van der Waals surface area contributed by atoms with E-state index in [4.69, 9.17) is 4.42 Å². The molecule has 2 N–H and O–H groups in total. The van der Waals surface area contributed by atoms with Gasteiger partial charge in [0.15, 0.2) is 5.96 Å². The van der Waals surface area contributed by atoms with Crippen molar-refractivity contribution in [3.63, 3.8) is 0 Å². The monoisotopic (exact) mass is 336 g/mol. The minimum atomic E-state index is 0.604. The number of oxazole rings is 1. The van der Waals surface area contributed by atoms with Gasteiger partial charge in [-0.25, -0.2) is 4.98 Å². The fourth-order valence-electron chi connectivity index (χ4n) is 2.31. The van der Waals surface area contributed by atoms with Crippen molar-refractivity contribution in [2.75, 3.05) is 19.3 Å². The number of hydrogen-bond acceptors (Lipinski definition) is 5. The zero-order valence-electron chi connectivity index (χ0n) is 12.5. The van der Waals surface area contributed by atoms with Crippen LogP contribution < -0.4 is 10.6 Å². The second-order valence-corrected chi connectivity index (χ2v) is 7.42. The summed E-state index contributed by atoms with van der Waals surface area (Å²) in [7, 11) is 1.79. The molecular weight excluding hydrogens is 316 g/mol. The lowest BCUT2D eigenvalue weighted by molar-refractivity contribution is 0.573. The van der Waals surface area contributed by atoms with Crippen LogP contribution in [0, 0.1) is 0 Å². The summed E-state index contributed by atoms with van der Waals surface area (Å²) in [5.74, 6) is 2.77. The second-order valence-electron chi connectivity index (χ2n) is 5.06. The first-order valence-corrected chi connectivity index (χ1v) is 9.32. The summed E-state index contributed by atoms with van der Waals surface area (Å²) >= 11 is 3.67. The third-order valence-corrected chi connectivity index (χ3v) is 5.72. The summed E-state index contributed by atoms with van der Waals surface area (Å²) in [5, 5.41) is 9.38. The van der Waals surface area contributed by atoms with Crippen molar-refractivity contribution in [3.8, 4) is 10.8 Å². The van der Waals surface area contributed by atoms with E-state index < -0.39 is 0 Å². The third-order valence-electron chi connectivity index (χ3n) is 3.47. The van der Waals surface area contributed by atoms with Gasteiger partial charge in [0.2, 0.25) is 5.89 Å². The maximum absolute atomic E-state index is 5.51. The van der Waals surface area contributed by atoms with E-state index in [-0.39, 0.29) is 0 Å². The van der Waals surface area contributed by atoms with E-state index in [1.165, 1.54) is 18.6 Å². The number of aliphatic imine (C=N–C) groups is 1. The maximum atomic E-state index is 5.51. The molecule has 7 heteroatoms. The first-order valence-electron chi connectivity index (χ1n) is 7.39. The molecule has 0 amide bonds. The summed E-state index contributed by atoms with van der Waals surface area (Å²) in [6.45, 7) is 1.57. The summed E-state index contributed by atoms with van der Waals surface area (Å²) in [4.78, 5) is 9.79. The quantitative estimate of drug-likeness (QED) is 0.649. The van der Waals surface area contributed by atoms with Crippen molar-refractivity contribution < 1.29 is 4.42 Å². The van der Waals surface area contributed by atoms with E-state index in [2.05, 4.69) is 20.6 Å². The number of guanidine groups is 1. The molecule has 3 heterocycles. The van der Waals surface area contributed by atoms with Crippen LogP contribution in [0.2, 0.25) is 0 Å². The molecule has 1 saturated heterocycles. The fourth-order valence-corrected chi connectivity index (χ4v) is 4.17. The highest BCUT2D eigenvalue weighted by Gasteiger charge is 2.15. The Morgan fingerprint density at radius 2 is 2.45 bits per heavy atom.